The first kappa shape index (κ1) is 36.3. The van der Waals surface area contributed by atoms with Crippen LogP contribution in [0.5, 0.6) is 0 Å². The summed E-state index contributed by atoms with van der Waals surface area (Å²) < 4.78 is 6.19. The molecule has 4 aliphatic rings. The average molecular weight is 761 g/mol. The Labute approximate surface area is 319 Å². The summed E-state index contributed by atoms with van der Waals surface area (Å²) in [5.41, 5.74) is 2.07. The van der Waals surface area contributed by atoms with Crippen LogP contribution in [0.2, 0.25) is 0 Å². The number of anilines is 3. The van der Waals surface area contributed by atoms with Gasteiger partial charge in [0.2, 0.25) is 11.8 Å². The highest BCUT2D eigenvalue weighted by Gasteiger charge is 2.71. The third kappa shape index (κ3) is 5.23. The molecule has 16 nitrogen and oxygen atoms in total. The van der Waals surface area contributed by atoms with Gasteiger partial charge in [0.25, 0.3) is 11.8 Å². The number of aliphatic hydroxyl groups is 1. The number of allylic oxidation sites excluding steroid dienone is 2. The van der Waals surface area contributed by atoms with Crippen LogP contribution in [0.15, 0.2) is 94.9 Å². The minimum Gasteiger partial charge on any atom is -0.463 e. The van der Waals surface area contributed by atoms with Crippen molar-refractivity contribution in [3.8, 4) is 0 Å². The van der Waals surface area contributed by atoms with Crippen LogP contribution >= 0.6 is 0 Å². The number of imide groups is 2. The predicted molar refractivity (Wildman–Crippen MR) is 200 cm³/mol. The average Bonchev–Trinajstić information content (AvgIpc) is 3.82. The Balaban J connectivity index is 1.28. The van der Waals surface area contributed by atoms with Gasteiger partial charge in [-0.1, -0.05) is 59.7 Å². The first-order valence-electron chi connectivity index (χ1n) is 18.0. The molecular weight excluding hydrogens is 724 g/mol. The highest BCUT2D eigenvalue weighted by Crippen LogP contribution is 2.64. The number of aryl methyl sites for hydroxylation is 1. The monoisotopic (exact) mass is 760 g/mol. The quantitative estimate of drug-likeness (QED) is 0.0982. The number of nitrogens with one attached hydrogen (secondary N) is 1. The van der Waals surface area contributed by atoms with E-state index in [0.717, 1.165) is 27.6 Å². The summed E-state index contributed by atoms with van der Waals surface area (Å²) in [5, 5.41) is 35.4. The predicted octanol–water partition coefficient (Wildman–Crippen LogP) is 5.15. The number of benzene rings is 3. The summed E-state index contributed by atoms with van der Waals surface area (Å²) in [6, 6.07) is 21.2. The van der Waals surface area contributed by atoms with Crippen LogP contribution in [0, 0.1) is 50.8 Å². The zero-order valence-corrected chi connectivity index (χ0v) is 30.4. The van der Waals surface area contributed by atoms with Gasteiger partial charge in [-0.3, -0.25) is 44.8 Å². The van der Waals surface area contributed by atoms with E-state index in [2.05, 4.69) is 5.43 Å². The molecule has 8 rings (SSSR count). The lowest BCUT2D eigenvalue weighted by Crippen LogP contribution is -2.53. The van der Waals surface area contributed by atoms with Gasteiger partial charge < -0.3 is 14.4 Å². The molecule has 1 aromatic heterocycles. The molecule has 2 aliphatic carbocycles. The van der Waals surface area contributed by atoms with E-state index in [9.17, 15) is 39.7 Å². The number of carbonyl (C=O) groups excluding carboxylic acids is 4. The van der Waals surface area contributed by atoms with Crippen molar-refractivity contribution in [2.75, 3.05) is 29.3 Å². The third-order valence-corrected chi connectivity index (χ3v) is 11.7. The summed E-state index contributed by atoms with van der Waals surface area (Å²) in [4.78, 5) is 83.7. The molecule has 2 aliphatic heterocycles. The van der Waals surface area contributed by atoms with Gasteiger partial charge in [0, 0.05) is 26.2 Å². The molecule has 0 unspecified atom stereocenters. The fourth-order valence-corrected chi connectivity index (χ4v) is 9.40. The number of carbonyl (C=O) groups is 4. The first-order chi connectivity index (χ1) is 26.8. The van der Waals surface area contributed by atoms with E-state index in [0.29, 0.717) is 16.8 Å². The summed E-state index contributed by atoms with van der Waals surface area (Å²) in [6.07, 6.45) is 1.81. The molecule has 16 heteroatoms. The number of aliphatic hydroxyl groups excluding tert-OH is 1. The Morgan fingerprint density at radius 2 is 1.55 bits per heavy atom. The SMILES string of the molecule is Cc1ccc(NN2C(=O)[C@@H]3C[C@@H]4C(=CC[C@@H]5C(=O)N(c6cc([N+](=O)[O-])c(N(C)C)c([N+](=O)[O-])c6)C(=O)[C@@H]54)[C@H](c4ccc(CO)o4)[C@]3(c3ccccc3)C2=O)cc1. The molecule has 56 heavy (non-hydrogen) atoms. The number of amides is 4. The number of hydrogen-bond donors (Lipinski definition) is 2. The van der Waals surface area contributed by atoms with Gasteiger partial charge in [-0.2, -0.15) is 5.01 Å². The number of nitro benzene ring substituents is 2. The number of furan rings is 1. The summed E-state index contributed by atoms with van der Waals surface area (Å²) in [6.45, 7) is 1.46. The Morgan fingerprint density at radius 1 is 0.893 bits per heavy atom. The van der Waals surface area contributed by atoms with Crippen LogP contribution < -0.4 is 15.2 Å². The molecule has 286 valence electrons. The summed E-state index contributed by atoms with van der Waals surface area (Å²) >= 11 is 0. The molecule has 4 aromatic rings. The molecule has 0 radical (unpaired) electrons. The Kier molecular flexibility index (Phi) is 8.60. The maximum absolute atomic E-state index is 15.2. The van der Waals surface area contributed by atoms with Gasteiger partial charge in [-0.05, 0) is 55.5 Å². The Bertz CT molecular complexity index is 2340. The smallest absolute Gasteiger partial charge is 0.301 e. The highest BCUT2D eigenvalue weighted by molar-refractivity contribution is 6.23. The van der Waals surface area contributed by atoms with Crippen molar-refractivity contribution < 1.29 is 38.5 Å². The first-order valence-corrected chi connectivity index (χ1v) is 18.0. The van der Waals surface area contributed by atoms with Crippen molar-refractivity contribution in [2.24, 2.45) is 23.7 Å². The fourth-order valence-electron chi connectivity index (χ4n) is 9.40. The lowest BCUT2D eigenvalue weighted by atomic mass is 9.50. The van der Waals surface area contributed by atoms with E-state index in [1.54, 1.807) is 60.7 Å². The molecule has 1 saturated carbocycles. The molecule has 3 aromatic carbocycles. The minimum absolute atomic E-state index is 0.0324. The van der Waals surface area contributed by atoms with Crippen molar-refractivity contribution in [3.63, 3.8) is 0 Å². The number of nitrogens with zero attached hydrogens (tertiary/aromatic N) is 5. The number of rotatable bonds is 9. The van der Waals surface area contributed by atoms with Gasteiger partial charge in [0.1, 0.15) is 23.5 Å². The number of hydrazine groups is 1. The van der Waals surface area contributed by atoms with E-state index >= 15 is 4.79 Å². The van der Waals surface area contributed by atoms with Crippen molar-refractivity contribution >= 4 is 52.1 Å². The normalized spacial score (nSPS) is 25.4. The molecule has 2 N–H and O–H groups in total. The van der Waals surface area contributed by atoms with E-state index in [1.165, 1.54) is 19.0 Å². The third-order valence-electron chi connectivity index (χ3n) is 11.7. The lowest BCUT2D eigenvalue weighted by Gasteiger charge is -2.49. The number of fused-ring (bicyclic) bond motifs is 4. The number of hydrogen-bond acceptors (Lipinski definition) is 12. The Morgan fingerprint density at radius 3 is 2.14 bits per heavy atom. The standard InChI is InChI=1S/C40H36N6O10/c1-21-9-11-23(12-10-21)41-44-37(49)29-19-28-26(34(32-16-13-25(20-47)56-32)40(29,39(44)51)22-7-5-4-6-8-22)14-15-27-33(28)38(50)43(36(27)48)24-17-30(45(52)53)35(42(2)3)31(18-24)46(54)55/h4-14,16-18,27-29,33-34,41,47H,15,19-20H2,1-3H3/t27-,28+,29-,33-,34+,40+/m0/s1. The maximum Gasteiger partial charge on any atom is 0.301 e. The van der Waals surface area contributed by atoms with Crippen LogP contribution in [0.1, 0.15) is 41.4 Å². The van der Waals surface area contributed by atoms with Gasteiger partial charge in [0.05, 0.1) is 44.9 Å². The van der Waals surface area contributed by atoms with Crippen LogP contribution in [0.4, 0.5) is 28.4 Å². The highest BCUT2D eigenvalue weighted by atomic mass is 16.6. The van der Waals surface area contributed by atoms with Gasteiger partial charge in [0.15, 0.2) is 5.69 Å². The zero-order valence-electron chi connectivity index (χ0n) is 30.4. The van der Waals surface area contributed by atoms with Crippen LogP contribution in [-0.4, -0.2) is 57.7 Å². The molecular formula is C40H36N6O10. The van der Waals surface area contributed by atoms with Crippen molar-refractivity contribution in [3.05, 3.63) is 133 Å². The molecule has 3 fully saturated rings. The second-order valence-corrected chi connectivity index (χ2v) is 14.8. The number of nitro groups is 2. The molecule has 0 bridgehead atoms. The largest absolute Gasteiger partial charge is 0.463 e. The maximum atomic E-state index is 15.2. The topological polar surface area (TPSA) is 210 Å². The zero-order chi connectivity index (χ0) is 39.8. The van der Waals surface area contributed by atoms with Gasteiger partial charge in [-0.25, -0.2) is 4.90 Å². The van der Waals surface area contributed by atoms with Gasteiger partial charge >= 0.3 is 11.4 Å². The fraction of sp³-hybridized carbons (Fsp3) is 0.300. The van der Waals surface area contributed by atoms with E-state index in [1.807, 2.05) is 19.1 Å². The lowest BCUT2D eigenvalue weighted by molar-refractivity contribution is -0.392. The molecule has 0 spiro atoms. The molecule has 4 amide bonds. The van der Waals surface area contributed by atoms with Crippen LogP contribution in [-0.2, 0) is 31.2 Å². The second kappa shape index (κ2) is 13.3. The van der Waals surface area contributed by atoms with Crippen molar-refractivity contribution in [1.29, 1.82) is 0 Å². The van der Waals surface area contributed by atoms with Crippen molar-refractivity contribution in [1.82, 2.24) is 5.01 Å². The van der Waals surface area contributed by atoms with Gasteiger partial charge in [-0.15, -0.1) is 0 Å². The summed E-state index contributed by atoms with van der Waals surface area (Å²) in [5.74, 6) is -6.95. The van der Waals surface area contributed by atoms with E-state index in [-0.39, 0.29) is 35.7 Å². The molecule has 6 atom stereocenters. The van der Waals surface area contributed by atoms with Crippen LogP contribution in [0.25, 0.3) is 0 Å². The summed E-state index contributed by atoms with van der Waals surface area (Å²) in [7, 11) is 2.82. The second-order valence-electron chi connectivity index (χ2n) is 14.8. The molecule has 2 saturated heterocycles. The molecule has 3 heterocycles. The Hall–Kier alpha value is -6.68. The van der Waals surface area contributed by atoms with E-state index < -0.39 is 86.5 Å². The van der Waals surface area contributed by atoms with Crippen LogP contribution in [0.3, 0.4) is 0 Å². The van der Waals surface area contributed by atoms with E-state index in [4.69, 9.17) is 4.42 Å². The van der Waals surface area contributed by atoms with Crippen molar-refractivity contribution in [2.45, 2.75) is 37.7 Å². The minimum atomic E-state index is -1.59.